The highest BCUT2D eigenvalue weighted by molar-refractivity contribution is 5.93. The van der Waals surface area contributed by atoms with E-state index in [9.17, 15) is 24.9 Å². The number of hydrogen-bond donors (Lipinski definition) is 3. The molecule has 0 spiro atoms. The molecule has 186 valence electrons. The summed E-state index contributed by atoms with van der Waals surface area (Å²) in [6.07, 6.45) is -0.290. The Kier molecular flexibility index (Phi) is 6.87. The van der Waals surface area contributed by atoms with Crippen molar-refractivity contribution in [3.8, 4) is 34.3 Å². The fourth-order valence-electron chi connectivity index (χ4n) is 4.13. The summed E-state index contributed by atoms with van der Waals surface area (Å²) in [5.74, 6) is -3.09. The molecule has 36 heavy (non-hydrogen) atoms. The van der Waals surface area contributed by atoms with Crippen molar-refractivity contribution in [2.75, 3.05) is 7.11 Å². The summed E-state index contributed by atoms with van der Waals surface area (Å²) >= 11 is 0. The summed E-state index contributed by atoms with van der Waals surface area (Å²) in [7, 11) is 1.23. The average Bonchev–Trinajstić information content (AvgIpc) is 2.87. The summed E-state index contributed by atoms with van der Waals surface area (Å²) in [6, 6.07) is 16.9. The third-order valence-electron chi connectivity index (χ3n) is 5.79. The van der Waals surface area contributed by atoms with E-state index in [0.29, 0.717) is 16.9 Å². The second kappa shape index (κ2) is 10.0. The molecule has 0 amide bonds. The Hall–Kier alpha value is -4.46. The van der Waals surface area contributed by atoms with E-state index in [0.717, 1.165) is 0 Å². The first-order valence-electron chi connectivity index (χ1n) is 11.3. The molecule has 0 bridgehead atoms. The number of fused-ring (bicyclic) bond motifs is 1. The Labute approximate surface area is 207 Å². The quantitative estimate of drug-likeness (QED) is 0.242. The van der Waals surface area contributed by atoms with Crippen LogP contribution in [0.2, 0.25) is 0 Å². The lowest BCUT2D eigenvalue weighted by atomic mass is 9.86. The van der Waals surface area contributed by atoms with Crippen LogP contribution in [0.4, 0.5) is 0 Å². The molecular weight excluding hydrogens is 464 g/mol. The Morgan fingerprint density at radius 2 is 1.61 bits per heavy atom. The third-order valence-corrected chi connectivity index (χ3v) is 5.79. The lowest BCUT2D eigenvalue weighted by Crippen LogP contribution is -2.13. The number of ether oxygens (including phenoxy) is 2. The molecule has 0 aliphatic rings. The SMILES string of the molecule is COC(=O)C[C@H](c1ccc(OC(C)C)cc1)c1c(O)c(O)c(O)c2c(=O)cc(-c3ccccc3)oc12. The van der Waals surface area contributed by atoms with Crippen molar-refractivity contribution < 1.29 is 34.0 Å². The number of carbonyl (C=O) groups excluding carboxylic acids is 1. The van der Waals surface area contributed by atoms with Gasteiger partial charge in [0.25, 0.3) is 0 Å². The summed E-state index contributed by atoms with van der Waals surface area (Å²) in [4.78, 5) is 25.5. The smallest absolute Gasteiger partial charge is 0.306 e. The van der Waals surface area contributed by atoms with Crippen LogP contribution in [-0.4, -0.2) is 34.5 Å². The molecule has 0 aliphatic heterocycles. The zero-order valence-corrected chi connectivity index (χ0v) is 20.0. The topological polar surface area (TPSA) is 126 Å². The molecule has 1 atom stereocenters. The van der Waals surface area contributed by atoms with Crippen LogP contribution in [0.5, 0.6) is 23.0 Å². The van der Waals surface area contributed by atoms with Gasteiger partial charge in [-0.05, 0) is 31.5 Å². The van der Waals surface area contributed by atoms with Gasteiger partial charge in [0.05, 0.1) is 19.6 Å². The Morgan fingerprint density at radius 1 is 0.944 bits per heavy atom. The van der Waals surface area contributed by atoms with Gasteiger partial charge < -0.3 is 29.2 Å². The van der Waals surface area contributed by atoms with Gasteiger partial charge in [0.1, 0.15) is 22.5 Å². The molecule has 0 saturated heterocycles. The standard InChI is InChI=1S/C28H26O8/c1-15(2)35-18-11-9-16(10-12-18)19(13-22(30)34-3)23-25(31)27(33)26(32)24-20(29)14-21(36-28(23)24)17-7-5-4-6-8-17/h4-12,14-15,19,31-33H,13H2,1-3H3/t19-/m1/s1. The molecule has 0 aliphatic carbocycles. The number of phenolic OH excluding ortho intramolecular Hbond substituents is 3. The van der Waals surface area contributed by atoms with Gasteiger partial charge in [-0.25, -0.2) is 0 Å². The van der Waals surface area contributed by atoms with Crippen molar-refractivity contribution in [2.24, 2.45) is 0 Å². The van der Waals surface area contributed by atoms with E-state index in [1.807, 2.05) is 19.9 Å². The fourth-order valence-corrected chi connectivity index (χ4v) is 4.13. The van der Waals surface area contributed by atoms with Crippen LogP contribution >= 0.6 is 0 Å². The molecule has 0 unspecified atom stereocenters. The lowest BCUT2D eigenvalue weighted by Gasteiger charge is -2.21. The summed E-state index contributed by atoms with van der Waals surface area (Å²) in [6.45, 7) is 3.79. The van der Waals surface area contributed by atoms with Gasteiger partial charge in [-0.1, -0.05) is 42.5 Å². The molecule has 1 aromatic heterocycles. The predicted octanol–water partition coefficient (Wildman–Crippen LogP) is 5.06. The number of carbonyl (C=O) groups is 1. The van der Waals surface area contributed by atoms with Gasteiger partial charge in [-0.3, -0.25) is 9.59 Å². The zero-order chi connectivity index (χ0) is 26.0. The zero-order valence-electron chi connectivity index (χ0n) is 20.0. The molecule has 8 heteroatoms. The molecule has 0 saturated carbocycles. The van der Waals surface area contributed by atoms with Gasteiger partial charge in [0.2, 0.25) is 5.75 Å². The molecule has 1 heterocycles. The Balaban J connectivity index is 2.01. The first-order chi connectivity index (χ1) is 17.2. The maximum absolute atomic E-state index is 13.1. The minimum atomic E-state index is -0.895. The number of aromatic hydroxyl groups is 3. The van der Waals surface area contributed by atoms with E-state index >= 15 is 0 Å². The van der Waals surface area contributed by atoms with Crippen molar-refractivity contribution in [3.63, 3.8) is 0 Å². The molecular formula is C28H26O8. The van der Waals surface area contributed by atoms with Crippen LogP contribution in [0.15, 0.2) is 69.9 Å². The summed E-state index contributed by atoms with van der Waals surface area (Å²) in [5.41, 5.74) is 0.352. The lowest BCUT2D eigenvalue weighted by molar-refractivity contribution is -0.140. The van der Waals surface area contributed by atoms with E-state index in [1.165, 1.54) is 13.2 Å². The second-order valence-corrected chi connectivity index (χ2v) is 8.57. The van der Waals surface area contributed by atoms with Crippen LogP contribution in [0.3, 0.4) is 0 Å². The van der Waals surface area contributed by atoms with Gasteiger partial charge in [0, 0.05) is 23.1 Å². The van der Waals surface area contributed by atoms with Crippen molar-refractivity contribution in [3.05, 3.63) is 82.0 Å². The van der Waals surface area contributed by atoms with E-state index in [-0.39, 0.29) is 34.8 Å². The highest BCUT2D eigenvalue weighted by atomic mass is 16.5. The minimum absolute atomic E-state index is 0.0295. The number of benzene rings is 3. The summed E-state index contributed by atoms with van der Waals surface area (Å²) < 4.78 is 16.6. The first-order valence-corrected chi connectivity index (χ1v) is 11.3. The summed E-state index contributed by atoms with van der Waals surface area (Å²) in [5, 5.41) is 31.7. The molecule has 0 radical (unpaired) electrons. The fraction of sp³-hybridized carbons (Fsp3) is 0.214. The molecule has 4 rings (SSSR count). The van der Waals surface area contributed by atoms with Gasteiger partial charge in [-0.2, -0.15) is 0 Å². The highest BCUT2D eigenvalue weighted by Gasteiger charge is 2.31. The molecule has 0 fully saturated rings. The van der Waals surface area contributed by atoms with E-state index < -0.39 is 34.6 Å². The van der Waals surface area contributed by atoms with E-state index in [2.05, 4.69) is 0 Å². The number of methoxy groups -OCH3 is 1. The maximum Gasteiger partial charge on any atom is 0.306 e. The number of rotatable bonds is 7. The van der Waals surface area contributed by atoms with Crippen LogP contribution in [0.1, 0.15) is 37.3 Å². The largest absolute Gasteiger partial charge is 0.504 e. The number of phenols is 3. The molecule has 3 aromatic carbocycles. The molecule has 4 aromatic rings. The first kappa shape index (κ1) is 24.7. The maximum atomic E-state index is 13.1. The predicted molar refractivity (Wildman–Crippen MR) is 134 cm³/mol. The van der Waals surface area contributed by atoms with E-state index in [4.69, 9.17) is 13.9 Å². The van der Waals surface area contributed by atoms with Crippen LogP contribution in [0, 0.1) is 0 Å². The van der Waals surface area contributed by atoms with E-state index in [1.54, 1.807) is 48.5 Å². The highest BCUT2D eigenvalue weighted by Crippen LogP contribution is 2.49. The number of hydrogen-bond acceptors (Lipinski definition) is 8. The van der Waals surface area contributed by atoms with Crippen LogP contribution < -0.4 is 10.2 Å². The average molecular weight is 491 g/mol. The third kappa shape index (κ3) is 4.70. The second-order valence-electron chi connectivity index (χ2n) is 8.57. The minimum Gasteiger partial charge on any atom is -0.504 e. The molecule has 8 nitrogen and oxygen atoms in total. The van der Waals surface area contributed by atoms with Crippen molar-refractivity contribution in [2.45, 2.75) is 32.3 Å². The Morgan fingerprint density at radius 3 is 2.22 bits per heavy atom. The van der Waals surface area contributed by atoms with Gasteiger partial charge >= 0.3 is 5.97 Å². The van der Waals surface area contributed by atoms with Crippen molar-refractivity contribution in [1.29, 1.82) is 0 Å². The van der Waals surface area contributed by atoms with Crippen LogP contribution in [0.25, 0.3) is 22.3 Å². The monoisotopic (exact) mass is 490 g/mol. The van der Waals surface area contributed by atoms with Crippen molar-refractivity contribution in [1.82, 2.24) is 0 Å². The van der Waals surface area contributed by atoms with Crippen LogP contribution in [-0.2, 0) is 9.53 Å². The van der Waals surface area contributed by atoms with Crippen molar-refractivity contribution >= 4 is 16.9 Å². The number of esters is 1. The Bertz CT molecular complexity index is 1450. The molecule has 3 N–H and O–H groups in total. The van der Waals surface area contributed by atoms with Gasteiger partial charge in [-0.15, -0.1) is 0 Å². The van der Waals surface area contributed by atoms with Gasteiger partial charge in [0.15, 0.2) is 16.9 Å². The normalized spacial score (nSPS) is 12.0.